The van der Waals surface area contributed by atoms with E-state index in [2.05, 4.69) is 5.32 Å². The first-order valence-electron chi connectivity index (χ1n) is 8.22. The normalized spacial score (nSPS) is 15.8. The third kappa shape index (κ3) is 3.63. The Morgan fingerprint density at radius 1 is 1.12 bits per heavy atom. The molecule has 26 heavy (non-hydrogen) atoms. The van der Waals surface area contributed by atoms with Crippen molar-refractivity contribution in [3.05, 3.63) is 47.8 Å². The summed E-state index contributed by atoms with van der Waals surface area (Å²) >= 11 is 0. The Morgan fingerprint density at radius 2 is 1.81 bits per heavy atom. The van der Waals surface area contributed by atoms with E-state index < -0.39 is 27.6 Å². The summed E-state index contributed by atoms with van der Waals surface area (Å²) in [6.07, 6.45) is 3.95. The molecule has 0 unspecified atom stereocenters. The molecule has 1 aromatic heterocycles. The SMILES string of the molecule is Cn1cc(S(=O)(=O)N2CCCCC2)cc1C(=O)Nc1cc(F)ccc1F. The molecule has 0 spiro atoms. The molecule has 2 aromatic rings. The number of carbonyl (C=O) groups excluding carboxylic acids is 1. The number of amides is 1. The molecule has 1 aromatic carbocycles. The molecule has 2 heterocycles. The second-order valence-electron chi connectivity index (χ2n) is 6.21. The number of nitrogens with zero attached hydrogens (tertiary/aromatic N) is 2. The molecular formula is C17H19F2N3O3S. The first-order chi connectivity index (χ1) is 12.3. The Balaban J connectivity index is 1.85. The van der Waals surface area contributed by atoms with Gasteiger partial charge in [-0.15, -0.1) is 0 Å². The number of carbonyl (C=O) groups is 1. The van der Waals surface area contributed by atoms with E-state index in [9.17, 15) is 22.0 Å². The summed E-state index contributed by atoms with van der Waals surface area (Å²) in [6.45, 7) is 0.903. The van der Waals surface area contributed by atoms with Crippen LogP contribution in [0.3, 0.4) is 0 Å². The van der Waals surface area contributed by atoms with E-state index in [-0.39, 0.29) is 16.3 Å². The highest BCUT2D eigenvalue weighted by atomic mass is 32.2. The first kappa shape index (κ1) is 18.5. The lowest BCUT2D eigenvalue weighted by atomic mass is 10.2. The lowest BCUT2D eigenvalue weighted by Gasteiger charge is -2.25. The number of piperidine rings is 1. The number of benzene rings is 1. The molecule has 9 heteroatoms. The maximum absolute atomic E-state index is 13.7. The van der Waals surface area contributed by atoms with Gasteiger partial charge in [0.2, 0.25) is 10.0 Å². The van der Waals surface area contributed by atoms with E-state index in [0.29, 0.717) is 13.1 Å². The molecule has 140 valence electrons. The summed E-state index contributed by atoms with van der Waals surface area (Å²) in [5.41, 5.74) is -0.277. The predicted molar refractivity (Wildman–Crippen MR) is 92.3 cm³/mol. The maximum Gasteiger partial charge on any atom is 0.272 e. The van der Waals surface area contributed by atoms with Gasteiger partial charge in [0.05, 0.1) is 5.69 Å². The van der Waals surface area contributed by atoms with Crippen LogP contribution in [0, 0.1) is 11.6 Å². The van der Waals surface area contributed by atoms with Gasteiger partial charge in [0, 0.05) is 32.4 Å². The van der Waals surface area contributed by atoms with Crippen molar-refractivity contribution in [1.29, 1.82) is 0 Å². The zero-order chi connectivity index (χ0) is 18.9. The lowest BCUT2D eigenvalue weighted by Crippen LogP contribution is -2.35. The summed E-state index contributed by atoms with van der Waals surface area (Å²) < 4.78 is 55.1. The largest absolute Gasteiger partial charge is 0.345 e. The van der Waals surface area contributed by atoms with Crippen LogP contribution in [0.25, 0.3) is 0 Å². The van der Waals surface area contributed by atoms with Gasteiger partial charge in [-0.25, -0.2) is 17.2 Å². The van der Waals surface area contributed by atoms with E-state index in [1.165, 1.54) is 28.2 Å². The Labute approximate surface area is 150 Å². The molecular weight excluding hydrogens is 364 g/mol. The van der Waals surface area contributed by atoms with Gasteiger partial charge in [0.25, 0.3) is 5.91 Å². The van der Waals surface area contributed by atoms with Crippen LogP contribution >= 0.6 is 0 Å². The second-order valence-corrected chi connectivity index (χ2v) is 8.15. The van der Waals surface area contributed by atoms with Crippen LogP contribution in [0.15, 0.2) is 35.4 Å². The molecule has 0 atom stereocenters. The molecule has 1 fully saturated rings. The highest BCUT2D eigenvalue weighted by molar-refractivity contribution is 7.89. The molecule has 0 radical (unpaired) electrons. The first-order valence-corrected chi connectivity index (χ1v) is 9.66. The molecule has 1 amide bonds. The fourth-order valence-electron chi connectivity index (χ4n) is 2.93. The average molecular weight is 383 g/mol. The molecule has 3 rings (SSSR count). The monoisotopic (exact) mass is 383 g/mol. The predicted octanol–water partition coefficient (Wildman–Crippen LogP) is 2.73. The minimum atomic E-state index is -3.69. The molecule has 1 aliphatic heterocycles. The summed E-state index contributed by atoms with van der Waals surface area (Å²) in [5.74, 6) is -2.20. The minimum absolute atomic E-state index is 0.00626. The molecule has 1 N–H and O–H groups in total. The van der Waals surface area contributed by atoms with Gasteiger partial charge in [-0.1, -0.05) is 6.42 Å². The van der Waals surface area contributed by atoms with Gasteiger partial charge < -0.3 is 9.88 Å². The molecule has 1 aliphatic rings. The minimum Gasteiger partial charge on any atom is -0.345 e. The lowest BCUT2D eigenvalue weighted by molar-refractivity contribution is 0.101. The fraction of sp³-hybridized carbons (Fsp3) is 0.353. The van der Waals surface area contributed by atoms with Crippen molar-refractivity contribution in [2.75, 3.05) is 18.4 Å². The van der Waals surface area contributed by atoms with Gasteiger partial charge in [-0.05, 0) is 31.0 Å². The number of aromatic nitrogens is 1. The van der Waals surface area contributed by atoms with Gasteiger partial charge >= 0.3 is 0 Å². The zero-order valence-corrected chi connectivity index (χ0v) is 15.0. The second kappa shape index (κ2) is 7.16. The third-order valence-corrected chi connectivity index (χ3v) is 6.21. The molecule has 0 bridgehead atoms. The van der Waals surface area contributed by atoms with Crippen LogP contribution in [0.2, 0.25) is 0 Å². The van der Waals surface area contributed by atoms with Crippen molar-refractivity contribution in [3.63, 3.8) is 0 Å². The van der Waals surface area contributed by atoms with Crippen molar-refractivity contribution in [1.82, 2.24) is 8.87 Å². The number of rotatable bonds is 4. The van der Waals surface area contributed by atoms with E-state index in [1.54, 1.807) is 0 Å². The average Bonchev–Trinajstić information content (AvgIpc) is 3.01. The fourth-order valence-corrected chi connectivity index (χ4v) is 4.52. The highest BCUT2D eigenvalue weighted by Crippen LogP contribution is 2.23. The number of aryl methyl sites for hydroxylation is 1. The van der Waals surface area contributed by atoms with E-state index in [0.717, 1.165) is 37.5 Å². The van der Waals surface area contributed by atoms with Gasteiger partial charge in [0.15, 0.2) is 0 Å². The van der Waals surface area contributed by atoms with Crippen LogP contribution in [-0.2, 0) is 17.1 Å². The number of sulfonamides is 1. The number of hydrogen-bond acceptors (Lipinski definition) is 3. The van der Waals surface area contributed by atoms with Crippen molar-refractivity contribution in [3.8, 4) is 0 Å². The quantitative estimate of drug-likeness (QED) is 0.883. The highest BCUT2D eigenvalue weighted by Gasteiger charge is 2.28. The van der Waals surface area contributed by atoms with E-state index in [1.807, 2.05) is 0 Å². The summed E-state index contributed by atoms with van der Waals surface area (Å²) in [5, 5.41) is 2.27. The Kier molecular flexibility index (Phi) is 5.10. The van der Waals surface area contributed by atoms with Crippen LogP contribution in [0.5, 0.6) is 0 Å². The molecule has 0 saturated carbocycles. The number of anilines is 1. The van der Waals surface area contributed by atoms with Crippen LogP contribution in [0.1, 0.15) is 29.8 Å². The smallest absolute Gasteiger partial charge is 0.272 e. The van der Waals surface area contributed by atoms with Gasteiger partial charge in [-0.3, -0.25) is 4.79 Å². The van der Waals surface area contributed by atoms with Crippen molar-refractivity contribution in [2.45, 2.75) is 24.2 Å². The van der Waals surface area contributed by atoms with E-state index in [4.69, 9.17) is 0 Å². The summed E-state index contributed by atoms with van der Waals surface area (Å²) in [4.78, 5) is 12.4. The van der Waals surface area contributed by atoms with Gasteiger partial charge in [0.1, 0.15) is 22.2 Å². The molecule has 1 saturated heterocycles. The van der Waals surface area contributed by atoms with Crippen molar-refractivity contribution in [2.24, 2.45) is 7.05 Å². The summed E-state index contributed by atoms with van der Waals surface area (Å²) in [7, 11) is -2.17. The number of nitrogens with one attached hydrogen (secondary N) is 1. The maximum atomic E-state index is 13.7. The van der Waals surface area contributed by atoms with Crippen molar-refractivity contribution >= 4 is 21.6 Å². The van der Waals surface area contributed by atoms with Crippen LogP contribution in [0.4, 0.5) is 14.5 Å². The third-order valence-electron chi connectivity index (χ3n) is 4.34. The van der Waals surface area contributed by atoms with E-state index >= 15 is 0 Å². The van der Waals surface area contributed by atoms with Crippen LogP contribution in [-0.4, -0.2) is 36.3 Å². The Morgan fingerprint density at radius 3 is 2.50 bits per heavy atom. The molecule has 0 aliphatic carbocycles. The molecule has 6 nitrogen and oxygen atoms in total. The zero-order valence-electron chi connectivity index (χ0n) is 14.2. The number of halogens is 2. The van der Waals surface area contributed by atoms with Crippen molar-refractivity contribution < 1.29 is 22.0 Å². The standard InChI is InChI=1S/C17H19F2N3O3S/c1-21-11-13(26(24,25)22-7-3-2-4-8-22)10-16(21)17(23)20-15-9-12(18)5-6-14(15)19/h5-6,9-11H,2-4,7-8H2,1H3,(H,20,23). The number of hydrogen-bond donors (Lipinski definition) is 1. The van der Waals surface area contributed by atoms with Gasteiger partial charge in [-0.2, -0.15) is 4.31 Å². The Hall–Kier alpha value is -2.26. The summed E-state index contributed by atoms with van der Waals surface area (Å²) in [6, 6.07) is 3.96. The Bertz CT molecular complexity index is 935. The van der Waals surface area contributed by atoms with Crippen LogP contribution < -0.4 is 5.32 Å². The topological polar surface area (TPSA) is 71.4 Å².